The summed E-state index contributed by atoms with van der Waals surface area (Å²) in [4.78, 5) is 3.16. The normalized spacial score (nSPS) is 19.6. The van der Waals surface area contributed by atoms with E-state index in [2.05, 4.69) is 4.99 Å². The Kier molecular flexibility index (Phi) is 3.75. The van der Waals surface area contributed by atoms with E-state index in [0.717, 1.165) is 11.4 Å². The van der Waals surface area contributed by atoms with E-state index < -0.39 is 0 Å². The van der Waals surface area contributed by atoms with Gasteiger partial charge in [-0.15, -0.1) is 0 Å². The zero-order valence-electron chi connectivity index (χ0n) is 12.7. The first kappa shape index (κ1) is 14.4. The van der Waals surface area contributed by atoms with Gasteiger partial charge in [-0.25, -0.2) is 4.99 Å². The van der Waals surface area contributed by atoms with E-state index in [9.17, 15) is 0 Å². The number of hydrogen-bond donors (Lipinski definition) is 1. The second kappa shape index (κ2) is 5.19. The molecule has 0 radical (unpaired) electrons. The highest BCUT2D eigenvalue weighted by atomic mass is 16.7. The van der Waals surface area contributed by atoms with E-state index >= 15 is 0 Å². The van der Waals surface area contributed by atoms with Crippen LogP contribution in [0.3, 0.4) is 0 Å². The van der Waals surface area contributed by atoms with Crippen molar-refractivity contribution in [2.45, 2.75) is 38.9 Å². The van der Waals surface area contributed by atoms with Crippen molar-refractivity contribution < 1.29 is 19.2 Å². The lowest BCUT2D eigenvalue weighted by atomic mass is 9.90. The molecule has 4 nitrogen and oxygen atoms in total. The minimum Gasteiger partial charge on any atom is -0.497 e. The average molecular weight is 276 g/mol. The Hall–Kier alpha value is -1.97. The quantitative estimate of drug-likeness (QED) is 0.858. The lowest BCUT2D eigenvalue weighted by Crippen LogP contribution is -2.61. The van der Waals surface area contributed by atoms with Crippen molar-refractivity contribution in [2.75, 3.05) is 7.11 Å². The van der Waals surface area contributed by atoms with Gasteiger partial charge in [-0.2, -0.15) is 0 Å². The van der Waals surface area contributed by atoms with Gasteiger partial charge in [-0.3, -0.25) is 0 Å². The number of benzene rings is 1. The largest absolute Gasteiger partial charge is 0.497 e. The van der Waals surface area contributed by atoms with Crippen LogP contribution < -0.4 is 9.73 Å². The maximum absolute atomic E-state index is 5.79. The number of nitrogens with one attached hydrogen (secondary N) is 1. The molecular weight excluding hydrogens is 254 g/mol. The van der Waals surface area contributed by atoms with Gasteiger partial charge in [0.15, 0.2) is 6.21 Å². The summed E-state index contributed by atoms with van der Waals surface area (Å²) in [5, 5.41) is 0. The molecule has 1 aromatic rings. The molecule has 0 amide bonds. The van der Waals surface area contributed by atoms with Gasteiger partial charge in [0.2, 0.25) is 5.69 Å². The molecule has 1 aliphatic heterocycles. The minimum atomic E-state index is -0.345. The summed E-state index contributed by atoms with van der Waals surface area (Å²) >= 11 is 0. The fourth-order valence-electron chi connectivity index (χ4n) is 1.76. The average Bonchev–Trinajstić information content (AvgIpc) is 2.58. The van der Waals surface area contributed by atoms with Crippen LogP contribution in [0.5, 0.6) is 5.75 Å². The van der Waals surface area contributed by atoms with Crippen LogP contribution in [0.1, 0.15) is 27.7 Å². The van der Waals surface area contributed by atoms with E-state index in [1.165, 1.54) is 0 Å². The molecule has 1 fully saturated rings. The molecule has 20 heavy (non-hydrogen) atoms. The molecule has 1 aromatic carbocycles. The lowest BCUT2D eigenvalue weighted by molar-refractivity contribution is -0.346. The molecule has 0 aliphatic carbocycles. The van der Waals surface area contributed by atoms with Crippen LogP contribution >= 0.6 is 0 Å². The first-order valence-electron chi connectivity index (χ1n) is 6.66. The molecule has 2 rings (SSSR count). The van der Waals surface area contributed by atoms with Gasteiger partial charge >= 0.3 is 0 Å². The second-order valence-corrected chi connectivity index (χ2v) is 5.75. The Bertz CT molecular complexity index is 526. The SMILES string of the molecule is COc1cccc([NH+]=CC=C2OC(C)(C)C(C)(C)O2)c1. The van der Waals surface area contributed by atoms with Crippen LogP contribution in [-0.4, -0.2) is 24.5 Å². The Labute approximate surface area is 120 Å². The third kappa shape index (κ3) is 2.95. The second-order valence-electron chi connectivity index (χ2n) is 5.75. The van der Waals surface area contributed by atoms with Gasteiger partial charge < -0.3 is 14.2 Å². The van der Waals surface area contributed by atoms with E-state index in [1.807, 2.05) is 52.0 Å². The predicted octanol–water partition coefficient (Wildman–Crippen LogP) is 1.92. The Morgan fingerprint density at radius 1 is 1.10 bits per heavy atom. The van der Waals surface area contributed by atoms with E-state index in [0.29, 0.717) is 5.95 Å². The third-order valence-corrected chi connectivity index (χ3v) is 3.70. The molecule has 1 saturated heterocycles. The van der Waals surface area contributed by atoms with Crippen LogP contribution in [0.2, 0.25) is 0 Å². The summed E-state index contributed by atoms with van der Waals surface area (Å²) in [5.41, 5.74) is 0.253. The Morgan fingerprint density at radius 3 is 2.35 bits per heavy atom. The van der Waals surface area contributed by atoms with Crippen LogP contribution in [-0.2, 0) is 9.47 Å². The smallest absolute Gasteiger partial charge is 0.286 e. The van der Waals surface area contributed by atoms with Crippen molar-refractivity contribution in [3.8, 4) is 5.75 Å². The van der Waals surface area contributed by atoms with E-state index in [1.54, 1.807) is 19.4 Å². The molecule has 0 spiro atoms. The number of rotatable bonds is 3. The summed E-state index contributed by atoms with van der Waals surface area (Å²) in [5.74, 6) is 1.34. The molecular formula is C16H22NO3+. The highest BCUT2D eigenvalue weighted by Crippen LogP contribution is 2.39. The van der Waals surface area contributed by atoms with E-state index in [4.69, 9.17) is 14.2 Å². The van der Waals surface area contributed by atoms with Gasteiger partial charge in [-0.05, 0) is 33.8 Å². The molecule has 0 bridgehead atoms. The molecule has 0 atom stereocenters. The van der Waals surface area contributed by atoms with E-state index in [-0.39, 0.29) is 11.2 Å². The van der Waals surface area contributed by atoms with Crippen molar-refractivity contribution in [3.05, 3.63) is 36.3 Å². The monoisotopic (exact) mass is 276 g/mol. The van der Waals surface area contributed by atoms with Crippen molar-refractivity contribution in [1.29, 1.82) is 0 Å². The molecule has 0 unspecified atom stereocenters. The van der Waals surface area contributed by atoms with Crippen molar-refractivity contribution in [3.63, 3.8) is 0 Å². The van der Waals surface area contributed by atoms with Gasteiger partial charge in [0.05, 0.1) is 19.3 Å². The first-order valence-corrected chi connectivity index (χ1v) is 6.66. The minimum absolute atomic E-state index is 0.345. The zero-order valence-corrected chi connectivity index (χ0v) is 12.7. The van der Waals surface area contributed by atoms with Crippen molar-refractivity contribution in [2.24, 2.45) is 0 Å². The molecule has 1 aliphatic rings. The summed E-state index contributed by atoms with van der Waals surface area (Å²) in [6, 6.07) is 7.70. The van der Waals surface area contributed by atoms with Crippen LogP contribution in [0, 0.1) is 0 Å². The molecule has 1 heterocycles. The number of ether oxygens (including phenoxy) is 3. The highest BCUT2D eigenvalue weighted by Gasteiger charge is 2.48. The maximum Gasteiger partial charge on any atom is 0.286 e. The Balaban J connectivity index is 2.08. The maximum atomic E-state index is 5.79. The first-order chi connectivity index (χ1) is 9.34. The fourth-order valence-corrected chi connectivity index (χ4v) is 1.76. The van der Waals surface area contributed by atoms with Crippen molar-refractivity contribution >= 4 is 11.9 Å². The topological polar surface area (TPSA) is 41.7 Å². The van der Waals surface area contributed by atoms with Crippen LogP contribution in [0.25, 0.3) is 0 Å². The van der Waals surface area contributed by atoms with Gasteiger partial charge in [0, 0.05) is 6.07 Å². The number of allylic oxidation sites excluding steroid dienone is 1. The summed E-state index contributed by atoms with van der Waals surface area (Å²) < 4.78 is 16.8. The number of hydrogen-bond acceptors (Lipinski definition) is 3. The Morgan fingerprint density at radius 2 is 1.75 bits per heavy atom. The van der Waals surface area contributed by atoms with Gasteiger partial charge in [0.25, 0.3) is 5.95 Å². The van der Waals surface area contributed by atoms with Crippen LogP contribution in [0.4, 0.5) is 5.69 Å². The third-order valence-electron chi connectivity index (χ3n) is 3.70. The summed E-state index contributed by atoms with van der Waals surface area (Å²) in [6.45, 7) is 8.07. The zero-order chi connectivity index (χ0) is 14.8. The van der Waals surface area contributed by atoms with Gasteiger partial charge in [-0.1, -0.05) is 6.07 Å². The summed E-state index contributed by atoms with van der Waals surface area (Å²) in [6.07, 6.45) is 3.58. The highest BCUT2D eigenvalue weighted by molar-refractivity contribution is 5.66. The number of methoxy groups -OCH3 is 1. The predicted molar refractivity (Wildman–Crippen MR) is 78.1 cm³/mol. The lowest BCUT2D eigenvalue weighted by Gasteiger charge is -2.28. The fraction of sp³-hybridized carbons (Fsp3) is 0.438. The summed E-state index contributed by atoms with van der Waals surface area (Å²) in [7, 11) is 1.65. The van der Waals surface area contributed by atoms with Gasteiger partial charge in [0.1, 0.15) is 17.0 Å². The molecule has 0 aromatic heterocycles. The molecule has 108 valence electrons. The standard InChI is InChI=1S/C16H21NO3/c1-15(2)16(3,4)20-14(19-15)9-10-17-12-7-6-8-13(11-12)18-5/h6-11H,1-5H3/p+1. The van der Waals surface area contributed by atoms with Crippen LogP contribution in [0.15, 0.2) is 36.3 Å². The molecule has 1 N–H and O–H groups in total. The molecule has 0 saturated carbocycles. The van der Waals surface area contributed by atoms with Crippen molar-refractivity contribution in [1.82, 2.24) is 0 Å². The molecule has 4 heteroatoms.